The molecule has 0 unspecified atom stereocenters. The number of amides is 1. The lowest BCUT2D eigenvalue weighted by molar-refractivity contribution is -0.115. The van der Waals surface area contributed by atoms with Gasteiger partial charge in [-0.15, -0.1) is 5.10 Å². The van der Waals surface area contributed by atoms with Crippen LogP contribution < -0.4 is 10.1 Å². The number of carbonyl (C=O) groups is 1. The first-order chi connectivity index (χ1) is 13.4. The molecule has 0 aliphatic rings. The molecule has 1 aromatic heterocycles. The number of carbonyl (C=O) groups excluding carboxylic acids is 1. The molecule has 0 fully saturated rings. The Morgan fingerprint density at radius 2 is 2.04 bits per heavy atom. The largest absolute Gasteiger partial charge is 0.496 e. The Morgan fingerprint density at radius 3 is 2.75 bits per heavy atom. The molecule has 2 N–H and O–H groups in total. The highest BCUT2D eigenvalue weighted by Crippen LogP contribution is 2.32. The van der Waals surface area contributed by atoms with Gasteiger partial charge in [-0.05, 0) is 50.6 Å². The van der Waals surface area contributed by atoms with Crippen LogP contribution in [0.2, 0.25) is 5.02 Å². The summed E-state index contributed by atoms with van der Waals surface area (Å²) in [6.07, 6.45) is 0. The van der Waals surface area contributed by atoms with Crippen LogP contribution in [0.1, 0.15) is 18.1 Å². The number of nitrogens with zero attached hydrogens (tertiary/aromatic N) is 2. The number of halogens is 1. The molecule has 1 atom stereocenters. The minimum absolute atomic E-state index is 0.108. The number of aromatic nitrogens is 3. The average Bonchev–Trinajstić information content (AvgIpc) is 3.12. The van der Waals surface area contributed by atoms with Crippen LogP contribution in [-0.2, 0) is 4.79 Å². The maximum atomic E-state index is 12.5. The van der Waals surface area contributed by atoms with Gasteiger partial charge in [0.2, 0.25) is 11.1 Å². The van der Waals surface area contributed by atoms with Crippen LogP contribution in [0.15, 0.2) is 41.6 Å². The fourth-order valence-corrected chi connectivity index (χ4v) is 3.58. The zero-order chi connectivity index (χ0) is 20.3. The van der Waals surface area contributed by atoms with Crippen molar-refractivity contribution in [2.24, 2.45) is 0 Å². The lowest BCUT2D eigenvalue weighted by Gasteiger charge is -2.12. The van der Waals surface area contributed by atoms with E-state index in [0.29, 0.717) is 27.3 Å². The van der Waals surface area contributed by atoms with Crippen molar-refractivity contribution in [2.75, 3.05) is 12.4 Å². The van der Waals surface area contributed by atoms with E-state index in [1.54, 1.807) is 25.3 Å². The van der Waals surface area contributed by atoms with Crippen LogP contribution in [0.4, 0.5) is 5.69 Å². The molecule has 28 heavy (non-hydrogen) atoms. The highest BCUT2D eigenvalue weighted by molar-refractivity contribution is 8.00. The van der Waals surface area contributed by atoms with E-state index in [1.165, 1.54) is 11.8 Å². The van der Waals surface area contributed by atoms with Crippen molar-refractivity contribution in [3.05, 3.63) is 52.5 Å². The number of hydrogen-bond donors (Lipinski definition) is 2. The number of H-pyrrole nitrogens is 1. The Hall–Kier alpha value is -2.51. The van der Waals surface area contributed by atoms with E-state index in [-0.39, 0.29) is 11.2 Å². The minimum atomic E-state index is -0.370. The smallest absolute Gasteiger partial charge is 0.237 e. The summed E-state index contributed by atoms with van der Waals surface area (Å²) in [5.41, 5.74) is 3.70. The van der Waals surface area contributed by atoms with Crippen LogP contribution in [0.5, 0.6) is 5.75 Å². The van der Waals surface area contributed by atoms with Gasteiger partial charge in [0, 0.05) is 10.7 Å². The standard InChI is InChI=1S/C20H21ClN4O2S/c1-11-5-7-16(12(2)9-11)22-19(26)13(3)28-20-23-18(24-25-20)15-10-14(21)6-8-17(15)27-4/h5-10,13H,1-4H3,(H,22,26)(H,23,24,25)/t13-/m1/s1. The van der Waals surface area contributed by atoms with Gasteiger partial charge < -0.3 is 10.1 Å². The zero-order valence-corrected chi connectivity index (χ0v) is 17.6. The second kappa shape index (κ2) is 8.67. The zero-order valence-electron chi connectivity index (χ0n) is 16.0. The monoisotopic (exact) mass is 416 g/mol. The van der Waals surface area contributed by atoms with Crippen LogP contribution in [0.3, 0.4) is 0 Å². The third-order valence-electron chi connectivity index (χ3n) is 4.17. The van der Waals surface area contributed by atoms with Gasteiger partial charge in [0.15, 0.2) is 5.82 Å². The molecule has 146 valence electrons. The molecule has 6 nitrogen and oxygen atoms in total. The summed E-state index contributed by atoms with van der Waals surface area (Å²) < 4.78 is 5.35. The van der Waals surface area contributed by atoms with Gasteiger partial charge >= 0.3 is 0 Å². The van der Waals surface area contributed by atoms with Crippen LogP contribution in [0, 0.1) is 13.8 Å². The van der Waals surface area contributed by atoms with E-state index in [9.17, 15) is 4.79 Å². The number of anilines is 1. The molecule has 0 bridgehead atoms. The Kier molecular flexibility index (Phi) is 6.26. The first kappa shape index (κ1) is 20.2. The summed E-state index contributed by atoms with van der Waals surface area (Å²) in [5, 5.41) is 10.7. The van der Waals surface area contributed by atoms with Crippen molar-refractivity contribution < 1.29 is 9.53 Å². The predicted octanol–water partition coefficient (Wildman–Crippen LogP) is 4.87. The fourth-order valence-electron chi connectivity index (χ4n) is 2.68. The molecule has 2 aromatic carbocycles. The number of thioether (sulfide) groups is 1. The summed E-state index contributed by atoms with van der Waals surface area (Å²) in [4.78, 5) is 17.0. The highest BCUT2D eigenvalue weighted by Gasteiger charge is 2.19. The molecule has 3 aromatic rings. The summed E-state index contributed by atoms with van der Waals surface area (Å²) in [6, 6.07) is 11.2. The van der Waals surface area contributed by atoms with Gasteiger partial charge in [0.25, 0.3) is 0 Å². The molecule has 0 spiro atoms. The molecule has 0 aliphatic carbocycles. The molecule has 0 aliphatic heterocycles. The maximum absolute atomic E-state index is 12.5. The van der Waals surface area contributed by atoms with E-state index in [2.05, 4.69) is 20.5 Å². The van der Waals surface area contributed by atoms with Gasteiger partial charge in [-0.25, -0.2) is 4.98 Å². The Labute approximate surface area is 173 Å². The molecule has 1 amide bonds. The van der Waals surface area contributed by atoms with Crippen LogP contribution in [0.25, 0.3) is 11.4 Å². The fraction of sp³-hybridized carbons (Fsp3) is 0.250. The topological polar surface area (TPSA) is 79.9 Å². The Morgan fingerprint density at radius 1 is 1.25 bits per heavy atom. The van der Waals surface area contributed by atoms with E-state index < -0.39 is 0 Å². The van der Waals surface area contributed by atoms with E-state index >= 15 is 0 Å². The summed E-state index contributed by atoms with van der Waals surface area (Å²) in [5.74, 6) is 1.06. The number of aromatic amines is 1. The summed E-state index contributed by atoms with van der Waals surface area (Å²) in [6.45, 7) is 5.81. The van der Waals surface area contributed by atoms with Crippen molar-refractivity contribution in [3.63, 3.8) is 0 Å². The maximum Gasteiger partial charge on any atom is 0.237 e. The first-order valence-electron chi connectivity index (χ1n) is 8.68. The van der Waals surface area contributed by atoms with Crippen LogP contribution >= 0.6 is 23.4 Å². The van der Waals surface area contributed by atoms with Crippen molar-refractivity contribution in [3.8, 4) is 17.1 Å². The third-order valence-corrected chi connectivity index (χ3v) is 5.37. The number of rotatable bonds is 6. The van der Waals surface area contributed by atoms with Crippen molar-refractivity contribution >= 4 is 35.0 Å². The summed E-state index contributed by atoms with van der Waals surface area (Å²) in [7, 11) is 1.58. The quantitative estimate of drug-likeness (QED) is 0.560. The van der Waals surface area contributed by atoms with Crippen molar-refractivity contribution in [1.29, 1.82) is 0 Å². The third kappa shape index (κ3) is 4.66. The SMILES string of the molecule is COc1ccc(Cl)cc1-c1nc(S[C@H](C)C(=O)Nc2ccc(C)cc2C)n[nH]1. The molecule has 0 radical (unpaired) electrons. The molecule has 0 saturated carbocycles. The highest BCUT2D eigenvalue weighted by atomic mass is 35.5. The number of benzene rings is 2. The van der Waals surface area contributed by atoms with Gasteiger partial charge in [-0.3, -0.25) is 9.89 Å². The predicted molar refractivity (Wildman–Crippen MR) is 113 cm³/mol. The van der Waals surface area contributed by atoms with Crippen molar-refractivity contribution in [2.45, 2.75) is 31.2 Å². The Bertz CT molecular complexity index is 1010. The van der Waals surface area contributed by atoms with Gasteiger partial charge in [0.1, 0.15) is 5.75 Å². The number of aryl methyl sites for hydroxylation is 2. The van der Waals surface area contributed by atoms with E-state index in [0.717, 1.165) is 16.8 Å². The average molecular weight is 417 g/mol. The number of nitrogens with one attached hydrogen (secondary N) is 2. The van der Waals surface area contributed by atoms with E-state index in [1.807, 2.05) is 39.0 Å². The van der Waals surface area contributed by atoms with E-state index in [4.69, 9.17) is 16.3 Å². The van der Waals surface area contributed by atoms with Gasteiger partial charge in [-0.2, -0.15) is 0 Å². The lowest BCUT2D eigenvalue weighted by Crippen LogP contribution is -2.23. The molecule has 0 saturated heterocycles. The second-order valence-corrected chi connectivity index (χ2v) is 8.12. The molecule has 1 heterocycles. The molecule has 3 rings (SSSR count). The summed E-state index contributed by atoms with van der Waals surface area (Å²) >= 11 is 7.35. The molecule has 8 heteroatoms. The number of hydrogen-bond acceptors (Lipinski definition) is 5. The van der Waals surface area contributed by atoms with Crippen LogP contribution in [-0.4, -0.2) is 33.4 Å². The lowest BCUT2D eigenvalue weighted by atomic mass is 10.1. The number of methoxy groups -OCH3 is 1. The number of ether oxygens (including phenoxy) is 1. The molecular formula is C20H21ClN4O2S. The first-order valence-corrected chi connectivity index (χ1v) is 9.94. The van der Waals surface area contributed by atoms with Crippen molar-refractivity contribution in [1.82, 2.24) is 15.2 Å². The second-order valence-electron chi connectivity index (χ2n) is 6.38. The normalized spacial score (nSPS) is 11.9. The molecular weight excluding hydrogens is 396 g/mol. The van der Waals surface area contributed by atoms with Gasteiger partial charge in [0.05, 0.1) is 17.9 Å². The minimum Gasteiger partial charge on any atom is -0.496 e. The van der Waals surface area contributed by atoms with Gasteiger partial charge in [-0.1, -0.05) is 41.1 Å². The Balaban J connectivity index is 1.71.